The Morgan fingerprint density at radius 2 is 1.71 bits per heavy atom. The number of nitrogens with zero attached hydrogens (tertiary/aromatic N) is 1. The second-order valence-electron chi connectivity index (χ2n) is 5.60. The van der Waals surface area contributed by atoms with Crippen LogP contribution in [0, 0.1) is 0 Å². The van der Waals surface area contributed by atoms with Crippen LogP contribution in [0.5, 0.6) is 0 Å². The summed E-state index contributed by atoms with van der Waals surface area (Å²) in [5.74, 6) is -0.0586. The molecule has 1 saturated carbocycles. The number of carboxylic acid groups (broad SMARTS) is 1. The minimum Gasteiger partial charge on any atom is -0.480 e. The Bertz CT molecular complexity index is 603. The molecule has 1 aliphatic rings. The van der Waals surface area contributed by atoms with Gasteiger partial charge >= 0.3 is 5.97 Å². The highest BCUT2D eigenvalue weighted by Gasteiger charge is 2.23. The lowest BCUT2D eigenvalue weighted by molar-refractivity contribution is -0.135. The first-order chi connectivity index (χ1) is 10.2. The second-order valence-corrected chi connectivity index (χ2v) is 5.60. The maximum atomic E-state index is 11.1. The van der Waals surface area contributed by atoms with Gasteiger partial charge in [0.1, 0.15) is 6.54 Å². The molecule has 2 aromatic carbocycles. The van der Waals surface area contributed by atoms with Crippen LogP contribution >= 0.6 is 0 Å². The van der Waals surface area contributed by atoms with E-state index in [-0.39, 0.29) is 6.54 Å². The molecule has 0 saturated heterocycles. The van der Waals surface area contributed by atoms with E-state index in [0.29, 0.717) is 6.54 Å². The molecule has 108 valence electrons. The summed E-state index contributed by atoms with van der Waals surface area (Å²) >= 11 is 0. The van der Waals surface area contributed by atoms with Crippen molar-refractivity contribution >= 4 is 11.7 Å². The highest BCUT2D eigenvalue weighted by Crippen LogP contribution is 2.39. The molecule has 1 aliphatic carbocycles. The lowest BCUT2D eigenvalue weighted by Gasteiger charge is -2.23. The van der Waals surface area contributed by atoms with Crippen molar-refractivity contribution in [3.8, 4) is 0 Å². The maximum Gasteiger partial charge on any atom is 0.323 e. The summed E-state index contributed by atoms with van der Waals surface area (Å²) in [6.07, 6.45) is 2.60. The van der Waals surface area contributed by atoms with Gasteiger partial charge in [0.05, 0.1) is 0 Å². The fraction of sp³-hybridized carbons (Fsp3) is 0.278. The van der Waals surface area contributed by atoms with Gasteiger partial charge in [0.25, 0.3) is 0 Å². The van der Waals surface area contributed by atoms with E-state index in [9.17, 15) is 4.79 Å². The maximum absolute atomic E-state index is 11.1. The Hall–Kier alpha value is -2.29. The van der Waals surface area contributed by atoms with Crippen LogP contribution in [0.3, 0.4) is 0 Å². The number of carboxylic acids is 1. The normalized spacial score (nSPS) is 13.9. The number of para-hydroxylation sites is 1. The summed E-state index contributed by atoms with van der Waals surface area (Å²) in [5.41, 5.74) is 3.49. The van der Waals surface area contributed by atoms with Crippen LogP contribution in [0.1, 0.15) is 29.9 Å². The zero-order valence-corrected chi connectivity index (χ0v) is 11.9. The molecule has 0 bridgehead atoms. The topological polar surface area (TPSA) is 40.5 Å². The van der Waals surface area contributed by atoms with Crippen LogP contribution < -0.4 is 4.90 Å². The molecular formula is C18H19NO2. The first-order valence-corrected chi connectivity index (χ1v) is 7.33. The fourth-order valence-electron chi connectivity index (χ4n) is 2.57. The predicted octanol–water partition coefficient (Wildman–Crippen LogP) is 3.66. The summed E-state index contributed by atoms with van der Waals surface area (Å²) in [6, 6.07) is 18.3. The van der Waals surface area contributed by atoms with E-state index in [4.69, 9.17) is 5.11 Å². The van der Waals surface area contributed by atoms with Crippen LogP contribution in [-0.2, 0) is 11.3 Å². The second kappa shape index (κ2) is 6.00. The van der Waals surface area contributed by atoms with Gasteiger partial charge in [0, 0.05) is 12.2 Å². The zero-order chi connectivity index (χ0) is 14.7. The standard InChI is InChI=1S/C18H19NO2/c20-18(21)13-19(17-4-2-1-3-5-17)12-14-6-8-15(9-7-14)16-10-11-16/h1-9,16H,10-13H2,(H,20,21). The van der Waals surface area contributed by atoms with Crippen molar-refractivity contribution in [2.75, 3.05) is 11.4 Å². The van der Waals surface area contributed by atoms with Crippen LogP contribution in [0.4, 0.5) is 5.69 Å². The summed E-state index contributed by atoms with van der Waals surface area (Å²) in [6.45, 7) is 0.621. The molecular weight excluding hydrogens is 262 g/mol. The molecule has 2 aromatic rings. The third-order valence-electron chi connectivity index (χ3n) is 3.85. The Kier molecular flexibility index (Phi) is 3.91. The monoisotopic (exact) mass is 281 g/mol. The lowest BCUT2D eigenvalue weighted by atomic mass is 10.1. The number of anilines is 1. The highest BCUT2D eigenvalue weighted by molar-refractivity contribution is 5.73. The molecule has 0 unspecified atom stereocenters. The Balaban J connectivity index is 1.75. The van der Waals surface area contributed by atoms with E-state index in [2.05, 4.69) is 24.3 Å². The van der Waals surface area contributed by atoms with Crippen LogP contribution in [-0.4, -0.2) is 17.6 Å². The third kappa shape index (κ3) is 3.63. The van der Waals surface area contributed by atoms with E-state index in [1.54, 1.807) is 0 Å². The molecule has 3 nitrogen and oxygen atoms in total. The third-order valence-corrected chi connectivity index (χ3v) is 3.85. The Labute approximate surface area is 124 Å². The van der Waals surface area contributed by atoms with Crippen molar-refractivity contribution in [1.82, 2.24) is 0 Å². The van der Waals surface area contributed by atoms with Crippen molar-refractivity contribution in [3.63, 3.8) is 0 Å². The van der Waals surface area contributed by atoms with E-state index in [1.165, 1.54) is 18.4 Å². The highest BCUT2D eigenvalue weighted by atomic mass is 16.4. The van der Waals surface area contributed by atoms with E-state index in [1.807, 2.05) is 35.2 Å². The number of rotatable bonds is 6. The summed E-state index contributed by atoms with van der Waals surface area (Å²) in [4.78, 5) is 13.0. The molecule has 0 amide bonds. The van der Waals surface area contributed by atoms with Gasteiger partial charge in [-0.1, -0.05) is 42.5 Å². The first kappa shape index (κ1) is 13.7. The quantitative estimate of drug-likeness (QED) is 0.878. The van der Waals surface area contributed by atoms with Crippen LogP contribution in [0.2, 0.25) is 0 Å². The predicted molar refractivity (Wildman–Crippen MR) is 83.5 cm³/mol. The molecule has 0 aromatic heterocycles. The van der Waals surface area contributed by atoms with Gasteiger partial charge in [-0.2, -0.15) is 0 Å². The average Bonchev–Trinajstić information content (AvgIpc) is 3.33. The van der Waals surface area contributed by atoms with Gasteiger partial charge in [-0.05, 0) is 42.0 Å². The molecule has 0 aliphatic heterocycles. The summed E-state index contributed by atoms with van der Waals surface area (Å²) < 4.78 is 0. The van der Waals surface area contributed by atoms with Gasteiger partial charge in [-0.15, -0.1) is 0 Å². The molecule has 3 rings (SSSR count). The van der Waals surface area contributed by atoms with Crippen molar-refractivity contribution in [3.05, 3.63) is 65.7 Å². The number of hydrogen-bond acceptors (Lipinski definition) is 2. The molecule has 3 heteroatoms. The van der Waals surface area contributed by atoms with Crippen molar-refractivity contribution in [1.29, 1.82) is 0 Å². The van der Waals surface area contributed by atoms with E-state index >= 15 is 0 Å². The van der Waals surface area contributed by atoms with Gasteiger partial charge < -0.3 is 10.0 Å². The van der Waals surface area contributed by atoms with Gasteiger partial charge in [0.15, 0.2) is 0 Å². The smallest absolute Gasteiger partial charge is 0.323 e. The summed E-state index contributed by atoms with van der Waals surface area (Å²) in [7, 11) is 0. The molecule has 0 radical (unpaired) electrons. The van der Waals surface area contributed by atoms with Crippen molar-refractivity contribution in [2.45, 2.75) is 25.3 Å². The largest absolute Gasteiger partial charge is 0.480 e. The van der Waals surface area contributed by atoms with Crippen molar-refractivity contribution < 1.29 is 9.90 Å². The molecule has 1 fully saturated rings. The van der Waals surface area contributed by atoms with Gasteiger partial charge in [-0.25, -0.2) is 0 Å². The first-order valence-electron chi connectivity index (χ1n) is 7.33. The van der Waals surface area contributed by atoms with Crippen molar-refractivity contribution in [2.24, 2.45) is 0 Å². The zero-order valence-electron chi connectivity index (χ0n) is 11.9. The van der Waals surface area contributed by atoms with Crippen LogP contribution in [0.15, 0.2) is 54.6 Å². The SMILES string of the molecule is O=C(O)CN(Cc1ccc(C2CC2)cc1)c1ccccc1. The number of benzene rings is 2. The van der Waals surface area contributed by atoms with Gasteiger partial charge in [-0.3, -0.25) is 4.79 Å². The fourth-order valence-corrected chi connectivity index (χ4v) is 2.57. The molecule has 0 atom stereocenters. The molecule has 21 heavy (non-hydrogen) atoms. The lowest BCUT2D eigenvalue weighted by Crippen LogP contribution is -2.29. The Morgan fingerprint density at radius 3 is 2.29 bits per heavy atom. The van der Waals surface area contributed by atoms with Crippen LogP contribution in [0.25, 0.3) is 0 Å². The Morgan fingerprint density at radius 1 is 1.05 bits per heavy atom. The molecule has 0 heterocycles. The minimum atomic E-state index is -0.812. The minimum absolute atomic E-state index is 0.00832. The van der Waals surface area contributed by atoms with E-state index < -0.39 is 5.97 Å². The number of hydrogen-bond donors (Lipinski definition) is 1. The molecule has 1 N–H and O–H groups in total. The van der Waals surface area contributed by atoms with Gasteiger partial charge in [0.2, 0.25) is 0 Å². The number of aliphatic carboxylic acids is 1. The average molecular weight is 281 g/mol. The molecule has 0 spiro atoms. The number of carbonyl (C=O) groups is 1. The summed E-state index contributed by atoms with van der Waals surface area (Å²) in [5, 5.41) is 9.11. The van der Waals surface area contributed by atoms with E-state index in [0.717, 1.165) is 17.2 Å².